The highest BCUT2D eigenvalue weighted by Crippen LogP contribution is 2.29. The van der Waals surface area contributed by atoms with Crippen LogP contribution in [0.25, 0.3) is 5.82 Å². The predicted molar refractivity (Wildman–Crippen MR) is 112 cm³/mol. The summed E-state index contributed by atoms with van der Waals surface area (Å²) in [4.78, 5) is 17.4. The van der Waals surface area contributed by atoms with Gasteiger partial charge in [-0.2, -0.15) is 5.10 Å². The number of carbonyl (C=O) groups is 1. The van der Waals surface area contributed by atoms with Crippen molar-refractivity contribution < 1.29 is 9.53 Å². The lowest BCUT2D eigenvalue weighted by Crippen LogP contribution is -2.16. The number of ether oxygens (including phenoxy) is 1. The zero-order chi connectivity index (χ0) is 20.2. The molecule has 2 aromatic heterocycles. The minimum Gasteiger partial charge on any atom is -0.376 e. The fourth-order valence-corrected chi connectivity index (χ4v) is 3.32. The van der Waals surface area contributed by atoms with Gasteiger partial charge in [-0.25, -0.2) is 9.67 Å². The molecule has 4 rings (SSSR count). The summed E-state index contributed by atoms with van der Waals surface area (Å²) >= 11 is 0. The molecule has 1 aromatic carbocycles. The molecular formula is C23H26N4O2. The molecule has 1 aliphatic rings. The zero-order valence-electron chi connectivity index (χ0n) is 16.8. The molecule has 1 aliphatic carbocycles. The molecule has 1 amide bonds. The number of nitrogens with zero attached hydrogens (tertiary/aromatic N) is 3. The molecule has 0 atom stereocenters. The Bertz CT molecular complexity index is 978. The van der Waals surface area contributed by atoms with Gasteiger partial charge in [-0.05, 0) is 54.5 Å². The second kappa shape index (κ2) is 8.57. The van der Waals surface area contributed by atoms with Gasteiger partial charge in [0.25, 0.3) is 5.91 Å². The highest BCUT2D eigenvalue weighted by molar-refractivity contribution is 6.05. The van der Waals surface area contributed by atoms with Crippen LogP contribution in [0.5, 0.6) is 0 Å². The topological polar surface area (TPSA) is 69.0 Å². The van der Waals surface area contributed by atoms with Crippen LogP contribution in [0.2, 0.25) is 0 Å². The average molecular weight is 390 g/mol. The van der Waals surface area contributed by atoms with E-state index < -0.39 is 0 Å². The lowest BCUT2D eigenvalue weighted by molar-refractivity contribution is 0.102. The van der Waals surface area contributed by atoms with E-state index in [9.17, 15) is 4.79 Å². The van der Waals surface area contributed by atoms with E-state index in [4.69, 9.17) is 4.74 Å². The molecule has 6 nitrogen and oxygen atoms in total. The molecule has 0 spiro atoms. The van der Waals surface area contributed by atoms with Crippen molar-refractivity contribution >= 4 is 11.6 Å². The number of amides is 1. The molecule has 0 aliphatic heterocycles. The molecule has 1 N–H and O–H groups in total. The van der Waals surface area contributed by atoms with Gasteiger partial charge in [0.1, 0.15) is 0 Å². The Morgan fingerprint density at radius 2 is 2.10 bits per heavy atom. The van der Waals surface area contributed by atoms with E-state index in [0.29, 0.717) is 18.0 Å². The van der Waals surface area contributed by atoms with Crippen LogP contribution in [-0.4, -0.2) is 27.3 Å². The number of rotatable bonds is 8. The van der Waals surface area contributed by atoms with Crippen LogP contribution in [0.1, 0.15) is 54.2 Å². The summed E-state index contributed by atoms with van der Waals surface area (Å²) in [6, 6.07) is 13.4. The summed E-state index contributed by atoms with van der Waals surface area (Å²) in [5.41, 5.74) is 3.20. The Hall–Kier alpha value is -2.99. The molecule has 2 heterocycles. The van der Waals surface area contributed by atoms with Crippen LogP contribution in [0.15, 0.2) is 54.9 Å². The largest absolute Gasteiger partial charge is 0.376 e. The fourth-order valence-electron chi connectivity index (χ4n) is 3.32. The molecule has 1 fully saturated rings. The third kappa shape index (κ3) is 4.71. The Kier molecular flexibility index (Phi) is 5.71. The van der Waals surface area contributed by atoms with Crippen molar-refractivity contribution in [2.24, 2.45) is 5.92 Å². The van der Waals surface area contributed by atoms with Gasteiger partial charge in [-0.3, -0.25) is 4.79 Å². The quantitative estimate of drug-likeness (QED) is 0.612. The van der Waals surface area contributed by atoms with E-state index in [2.05, 4.69) is 15.4 Å². The van der Waals surface area contributed by atoms with Crippen LogP contribution in [0, 0.1) is 5.92 Å². The summed E-state index contributed by atoms with van der Waals surface area (Å²) < 4.78 is 7.50. The highest BCUT2D eigenvalue weighted by Gasteiger charge is 2.22. The van der Waals surface area contributed by atoms with Crippen molar-refractivity contribution in [1.82, 2.24) is 14.8 Å². The second-order valence-corrected chi connectivity index (χ2v) is 7.81. The number of anilines is 1. The summed E-state index contributed by atoms with van der Waals surface area (Å²) in [6.45, 7) is 5.48. The molecule has 150 valence electrons. The van der Waals surface area contributed by atoms with Gasteiger partial charge in [0.15, 0.2) is 5.82 Å². The number of hydrogen-bond donors (Lipinski definition) is 1. The minimum absolute atomic E-state index is 0.113. The molecule has 0 bridgehead atoms. The van der Waals surface area contributed by atoms with Crippen molar-refractivity contribution in [3.05, 3.63) is 71.7 Å². The van der Waals surface area contributed by atoms with E-state index in [1.807, 2.05) is 56.3 Å². The third-order valence-electron chi connectivity index (χ3n) is 4.97. The normalized spacial score (nSPS) is 13.6. The maximum Gasteiger partial charge on any atom is 0.259 e. The SMILES string of the molecule is CC(C)c1c(C(=O)Nc2cccc(COCC3CC3)c2)cnn1-c1ccccn1. The Morgan fingerprint density at radius 1 is 1.24 bits per heavy atom. The van der Waals surface area contributed by atoms with Gasteiger partial charge in [0, 0.05) is 18.5 Å². The maximum atomic E-state index is 13.0. The first-order valence-corrected chi connectivity index (χ1v) is 10.1. The lowest BCUT2D eigenvalue weighted by atomic mass is 10.1. The Morgan fingerprint density at radius 3 is 2.83 bits per heavy atom. The highest BCUT2D eigenvalue weighted by atomic mass is 16.5. The van der Waals surface area contributed by atoms with Crippen molar-refractivity contribution in [3.63, 3.8) is 0 Å². The number of carbonyl (C=O) groups excluding carboxylic acids is 1. The molecule has 0 saturated heterocycles. The molecule has 0 radical (unpaired) electrons. The van der Waals surface area contributed by atoms with E-state index in [1.54, 1.807) is 17.1 Å². The van der Waals surface area contributed by atoms with Gasteiger partial charge in [0.2, 0.25) is 0 Å². The first-order valence-electron chi connectivity index (χ1n) is 10.1. The molecule has 3 aromatic rings. The van der Waals surface area contributed by atoms with Crippen molar-refractivity contribution in [2.75, 3.05) is 11.9 Å². The summed E-state index contributed by atoms with van der Waals surface area (Å²) in [5.74, 6) is 1.38. The summed E-state index contributed by atoms with van der Waals surface area (Å²) in [5, 5.41) is 7.43. The predicted octanol–water partition coefficient (Wildman–Crippen LogP) is 4.57. The second-order valence-electron chi connectivity index (χ2n) is 7.81. The molecule has 0 unspecified atom stereocenters. The monoisotopic (exact) mass is 390 g/mol. The number of hydrogen-bond acceptors (Lipinski definition) is 4. The first kappa shape index (κ1) is 19.3. The number of pyridine rings is 1. The number of aromatic nitrogens is 3. The van der Waals surface area contributed by atoms with Crippen LogP contribution >= 0.6 is 0 Å². The standard InChI is InChI=1S/C23H26N4O2/c1-16(2)22-20(13-25-27(22)21-8-3-4-11-24-21)23(28)26-19-7-5-6-18(12-19)15-29-14-17-9-10-17/h3-8,11-13,16-17H,9-10,14-15H2,1-2H3,(H,26,28). The van der Waals surface area contributed by atoms with Gasteiger partial charge in [-0.15, -0.1) is 0 Å². The van der Waals surface area contributed by atoms with Gasteiger partial charge < -0.3 is 10.1 Å². The molecule has 6 heteroatoms. The first-order chi connectivity index (χ1) is 14.1. The number of nitrogens with one attached hydrogen (secondary N) is 1. The van der Waals surface area contributed by atoms with Crippen LogP contribution in [0.3, 0.4) is 0 Å². The third-order valence-corrected chi connectivity index (χ3v) is 4.97. The minimum atomic E-state index is -0.174. The van der Waals surface area contributed by atoms with Crippen LogP contribution < -0.4 is 5.32 Å². The van der Waals surface area contributed by atoms with E-state index in [-0.39, 0.29) is 11.8 Å². The lowest BCUT2D eigenvalue weighted by Gasteiger charge is -2.13. The van der Waals surface area contributed by atoms with Crippen molar-refractivity contribution in [2.45, 2.75) is 39.2 Å². The molecular weight excluding hydrogens is 364 g/mol. The van der Waals surface area contributed by atoms with E-state index in [1.165, 1.54) is 12.8 Å². The summed E-state index contributed by atoms with van der Waals surface area (Å²) in [7, 11) is 0. The number of benzene rings is 1. The van der Waals surface area contributed by atoms with E-state index in [0.717, 1.165) is 29.5 Å². The van der Waals surface area contributed by atoms with Crippen LogP contribution in [0.4, 0.5) is 5.69 Å². The van der Waals surface area contributed by atoms with Crippen molar-refractivity contribution in [1.29, 1.82) is 0 Å². The van der Waals surface area contributed by atoms with Gasteiger partial charge >= 0.3 is 0 Å². The smallest absolute Gasteiger partial charge is 0.259 e. The zero-order valence-corrected chi connectivity index (χ0v) is 16.8. The fraction of sp³-hybridized carbons (Fsp3) is 0.348. The summed E-state index contributed by atoms with van der Waals surface area (Å²) in [6.07, 6.45) is 5.89. The Labute approximate surface area is 170 Å². The Balaban J connectivity index is 1.50. The van der Waals surface area contributed by atoms with E-state index >= 15 is 0 Å². The van der Waals surface area contributed by atoms with Crippen molar-refractivity contribution in [3.8, 4) is 5.82 Å². The average Bonchev–Trinajstić information content (AvgIpc) is 3.43. The van der Waals surface area contributed by atoms with Crippen LogP contribution in [-0.2, 0) is 11.3 Å². The van der Waals surface area contributed by atoms with Gasteiger partial charge in [-0.1, -0.05) is 32.0 Å². The van der Waals surface area contributed by atoms with Gasteiger partial charge in [0.05, 0.1) is 24.1 Å². The molecule has 29 heavy (non-hydrogen) atoms. The molecule has 1 saturated carbocycles. The maximum absolute atomic E-state index is 13.0.